The fraction of sp³-hybridized carbons (Fsp3) is 0.375. The molecular formula is C8H11N3O2. The zero-order valence-corrected chi connectivity index (χ0v) is 7.57. The Balaban J connectivity index is 2.95. The maximum absolute atomic E-state index is 11.0. The van der Waals surface area contributed by atoms with Crippen molar-refractivity contribution in [2.75, 3.05) is 0 Å². The summed E-state index contributed by atoms with van der Waals surface area (Å²) >= 11 is 0. The van der Waals surface area contributed by atoms with Gasteiger partial charge in [0.2, 0.25) is 5.91 Å². The van der Waals surface area contributed by atoms with Gasteiger partial charge in [0, 0.05) is 6.20 Å². The Bertz CT molecular complexity index is 354. The van der Waals surface area contributed by atoms with Gasteiger partial charge in [-0.1, -0.05) is 0 Å². The quantitative estimate of drug-likeness (QED) is 0.660. The van der Waals surface area contributed by atoms with Gasteiger partial charge in [0.25, 0.3) is 0 Å². The molecule has 0 radical (unpaired) electrons. The topological polar surface area (TPSA) is 78.0 Å². The molecule has 0 aromatic carbocycles. The number of carbonyl (C=O) groups is 2. The number of carbonyl (C=O) groups excluding carboxylic acids is 2. The van der Waals surface area contributed by atoms with Crippen LogP contribution in [0, 0.1) is 6.92 Å². The lowest BCUT2D eigenvalue weighted by Crippen LogP contribution is -2.18. The average molecular weight is 181 g/mol. The molecule has 13 heavy (non-hydrogen) atoms. The van der Waals surface area contributed by atoms with E-state index in [-0.39, 0.29) is 12.3 Å². The number of amides is 1. The minimum Gasteiger partial charge on any atom is -0.368 e. The Morgan fingerprint density at radius 2 is 2.23 bits per heavy atom. The molecule has 1 amide bonds. The molecule has 1 heterocycles. The summed E-state index contributed by atoms with van der Waals surface area (Å²) in [5.74, 6) is -0.536. The zero-order chi connectivity index (χ0) is 10.0. The van der Waals surface area contributed by atoms with Crippen LogP contribution in [0.2, 0.25) is 0 Å². The Kier molecular flexibility index (Phi) is 2.46. The second-order valence-electron chi connectivity index (χ2n) is 2.85. The van der Waals surface area contributed by atoms with Crippen molar-refractivity contribution < 1.29 is 9.59 Å². The van der Waals surface area contributed by atoms with Gasteiger partial charge in [0.05, 0.1) is 11.3 Å². The Hall–Kier alpha value is -1.65. The monoisotopic (exact) mass is 181 g/mol. The van der Waals surface area contributed by atoms with E-state index in [1.54, 1.807) is 6.92 Å². The number of nitrogens with zero attached hydrogens (tertiary/aromatic N) is 2. The van der Waals surface area contributed by atoms with Crippen LogP contribution in [0.4, 0.5) is 0 Å². The Morgan fingerprint density at radius 1 is 1.62 bits per heavy atom. The van der Waals surface area contributed by atoms with E-state index >= 15 is 0 Å². The number of hydrogen-bond donors (Lipinski definition) is 1. The van der Waals surface area contributed by atoms with Gasteiger partial charge in [-0.25, -0.2) is 0 Å². The lowest BCUT2D eigenvalue weighted by Gasteiger charge is -1.93. The van der Waals surface area contributed by atoms with E-state index < -0.39 is 5.91 Å². The van der Waals surface area contributed by atoms with Crippen LogP contribution in [0.3, 0.4) is 0 Å². The predicted octanol–water partition coefficient (Wildman–Crippen LogP) is -0.121. The van der Waals surface area contributed by atoms with Crippen molar-refractivity contribution in [2.45, 2.75) is 20.4 Å². The molecule has 1 rings (SSSR count). The van der Waals surface area contributed by atoms with E-state index in [1.807, 2.05) is 0 Å². The third-order valence-corrected chi connectivity index (χ3v) is 1.64. The molecule has 0 aliphatic carbocycles. The predicted molar refractivity (Wildman–Crippen MR) is 46.2 cm³/mol. The molecule has 0 atom stereocenters. The van der Waals surface area contributed by atoms with Gasteiger partial charge in [-0.3, -0.25) is 14.3 Å². The largest absolute Gasteiger partial charge is 0.368 e. The summed E-state index contributed by atoms with van der Waals surface area (Å²) in [4.78, 5) is 21.5. The molecule has 0 bridgehead atoms. The molecule has 0 fully saturated rings. The van der Waals surface area contributed by atoms with Crippen LogP contribution in [0.15, 0.2) is 6.20 Å². The molecule has 2 N–H and O–H groups in total. The van der Waals surface area contributed by atoms with Gasteiger partial charge in [-0.15, -0.1) is 0 Å². The van der Waals surface area contributed by atoms with Gasteiger partial charge >= 0.3 is 0 Å². The van der Waals surface area contributed by atoms with Crippen LogP contribution in [-0.2, 0) is 11.3 Å². The highest BCUT2D eigenvalue weighted by Gasteiger charge is 2.09. The van der Waals surface area contributed by atoms with Crippen molar-refractivity contribution in [1.82, 2.24) is 9.78 Å². The number of rotatable bonds is 3. The first-order chi connectivity index (χ1) is 6.00. The number of ketones is 1. The minimum atomic E-state index is -0.474. The normalized spacial score (nSPS) is 10.0. The highest BCUT2D eigenvalue weighted by atomic mass is 16.1. The molecular weight excluding hydrogens is 170 g/mol. The SMILES string of the molecule is CC(=O)c1cn(CC(N)=O)nc1C. The molecule has 1 aromatic rings. The molecule has 0 unspecified atom stereocenters. The van der Waals surface area contributed by atoms with Crippen LogP contribution >= 0.6 is 0 Å². The van der Waals surface area contributed by atoms with E-state index in [1.165, 1.54) is 17.8 Å². The number of aryl methyl sites for hydroxylation is 1. The number of primary amides is 1. The van der Waals surface area contributed by atoms with Crippen molar-refractivity contribution >= 4 is 11.7 Å². The van der Waals surface area contributed by atoms with Crippen LogP contribution in [0.25, 0.3) is 0 Å². The summed E-state index contributed by atoms with van der Waals surface area (Å²) in [6, 6.07) is 0. The van der Waals surface area contributed by atoms with Gasteiger partial charge in [-0.05, 0) is 13.8 Å². The average Bonchev–Trinajstić information content (AvgIpc) is 2.29. The van der Waals surface area contributed by atoms with Gasteiger partial charge < -0.3 is 5.73 Å². The maximum Gasteiger partial charge on any atom is 0.239 e. The van der Waals surface area contributed by atoms with Crippen LogP contribution < -0.4 is 5.73 Å². The highest BCUT2D eigenvalue weighted by Crippen LogP contribution is 2.05. The van der Waals surface area contributed by atoms with E-state index in [9.17, 15) is 9.59 Å². The summed E-state index contributed by atoms with van der Waals surface area (Å²) in [7, 11) is 0. The molecule has 0 aliphatic rings. The Morgan fingerprint density at radius 3 is 2.62 bits per heavy atom. The summed E-state index contributed by atoms with van der Waals surface area (Å²) in [5, 5.41) is 3.97. The first kappa shape index (κ1) is 9.44. The van der Waals surface area contributed by atoms with Gasteiger partial charge in [0.1, 0.15) is 6.54 Å². The lowest BCUT2D eigenvalue weighted by molar-refractivity contribution is -0.118. The lowest BCUT2D eigenvalue weighted by atomic mass is 10.2. The van der Waals surface area contributed by atoms with E-state index in [2.05, 4.69) is 5.10 Å². The fourth-order valence-electron chi connectivity index (χ4n) is 1.10. The van der Waals surface area contributed by atoms with Crippen molar-refractivity contribution in [3.05, 3.63) is 17.5 Å². The van der Waals surface area contributed by atoms with Gasteiger partial charge in [-0.2, -0.15) is 5.10 Å². The van der Waals surface area contributed by atoms with Crippen LogP contribution in [-0.4, -0.2) is 21.5 Å². The highest BCUT2D eigenvalue weighted by molar-refractivity contribution is 5.94. The fourth-order valence-corrected chi connectivity index (χ4v) is 1.10. The number of nitrogens with two attached hydrogens (primary N) is 1. The van der Waals surface area contributed by atoms with E-state index in [0.29, 0.717) is 11.3 Å². The molecule has 0 saturated carbocycles. The second-order valence-corrected chi connectivity index (χ2v) is 2.85. The molecule has 5 nitrogen and oxygen atoms in total. The Labute approximate surface area is 75.5 Å². The standard InChI is InChI=1S/C8H11N3O2/c1-5-7(6(2)12)3-11(10-5)4-8(9)13/h3H,4H2,1-2H3,(H2,9,13). The third kappa shape index (κ3) is 2.14. The van der Waals surface area contributed by atoms with Gasteiger partial charge in [0.15, 0.2) is 5.78 Å². The smallest absolute Gasteiger partial charge is 0.239 e. The van der Waals surface area contributed by atoms with Crippen molar-refractivity contribution in [3.63, 3.8) is 0 Å². The second kappa shape index (κ2) is 3.38. The molecule has 0 aliphatic heterocycles. The number of hydrogen-bond acceptors (Lipinski definition) is 3. The minimum absolute atomic E-state index is 0.00806. The summed E-state index contributed by atoms with van der Waals surface area (Å²) in [6.07, 6.45) is 1.53. The summed E-state index contributed by atoms with van der Waals surface area (Å²) in [6.45, 7) is 3.18. The third-order valence-electron chi connectivity index (χ3n) is 1.64. The molecule has 70 valence electrons. The maximum atomic E-state index is 11.0. The van der Waals surface area contributed by atoms with Crippen molar-refractivity contribution in [1.29, 1.82) is 0 Å². The number of Topliss-reactive ketones (excluding diaryl/α,β-unsaturated/α-hetero) is 1. The van der Waals surface area contributed by atoms with E-state index in [0.717, 1.165) is 0 Å². The molecule has 1 aromatic heterocycles. The number of aromatic nitrogens is 2. The molecule has 5 heteroatoms. The molecule has 0 spiro atoms. The van der Waals surface area contributed by atoms with E-state index in [4.69, 9.17) is 5.73 Å². The first-order valence-electron chi connectivity index (χ1n) is 3.84. The van der Waals surface area contributed by atoms with Crippen molar-refractivity contribution in [3.8, 4) is 0 Å². The molecule has 0 saturated heterocycles. The summed E-state index contributed by atoms with van der Waals surface area (Å²) < 4.78 is 1.37. The zero-order valence-electron chi connectivity index (χ0n) is 7.57. The van der Waals surface area contributed by atoms with Crippen LogP contribution in [0.5, 0.6) is 0 Å². The summed E-state index contributed by atoms with van der Waals surface area (Å²) in [5.41, 5.74) is 6.12. The van der Waals surface area contributed by atoms with Crippen LogP contribution in [0.1, 0.15) is 23.0 Å². The van der Waals surface area contributed by atoms with Crippen molar-refractivity contribution in [2.24, 2.45) is 5.73 Å². The first-order valence-corrected chi connectivity index (χ1v) is 3.84.